The molecule has 33 heavy (non-hydrogen) atoms. The van der Waals surface area contributed by atoms with Crippen LogP contribution in [0.1, 0.15) is 84.1 Å². The summed E-state index contributed by atoms with van der Waals surface area (Å²) in [5.41, 5.74) is 1.32. The van der Waals surface area contributed by atoms with Crippen LogP contribution in [0.25, 0.3) is 0 Å². The van der Waals surface area contributed by atoms with Gasteiger partial charge >= 0.3 is 0 Å². The zero-order chi connectivity index (χ0) is 23.1. The molecule has 1 saturated carbocycles. The molecule has 1 aliphatic carbocycles. The van der Waals surface area contributed by atoms with E-state index in [-0.39, 0.29) is 5.92 Å². The Hall–Kier alpha value is -1.53. The average molecular weight is 454 g/mol. The molecular formula is C27H43N5O. The fourth-order valence-electron chi connectivity index (χ4n) is 6.64. The second kappa shape index (κ2) is 9.61. The van der Waals surface area contributed by atoms with Crippen LogP contribution < -0.4 is 4.90 Å². The molecule has 3 aliphatic heterocycles. The molecule has 2 bridgehead atoms. The zero-order valence-electron chi connectivity index (χ0n) is 21.1. The third-order valence-corrected chi connectivity index (χ3v) is 8.99. The van der Waals surface area contributed by atoms with Crippen LogP contribution in [0.15, 0.2) is 12.4 Å². The third kappa shape index (κ3) is 4.84. The summed E-state index contributed by atoms with van der Waals surface area (Å²) in [5.74, 6) is 2.79. The molecule has 4 aliphatic rings. The van der Waals surface area contributed by atoms with Crippen LogP contribution in [0, 0.1) is 11.8 Å². The molecule has 0 aromatic carbocycles. The standard InChI is InChI=1S/C27H43N5O/c1-18(2)26(33)13-20-11-25(12-20)30-9-7-21(8-10-30)22-14-28-27(29-15-22)32-23-5-6-24(32)17-31(16-23)19(3)4/h14-15,18-21,23-25H,5-13,16-17H2,1-4H3. The monoisotopic (exact) mass is 453 g/mol. The molecule has 0 N–H and O–H groups in total. The predicted octanol–water partition coefficient (Wildman–Crippen LogP) is 4.11. The zero-order valence-corrected chi connectivity index (χ0v) is 21.1. The van der Waals surface area contributed by atoms with E-state index in [1.54, 1.807) is 0 Å². The van der Waals surface area contributed by atoms with Crippen molar-refractivity contribution in [2.75, 3.05) is 31.1 Å². The van der Waals surface area contributed by atoms with E-state index in [9.17, 15) is 4.79 Å². The summed E-state index contributed by atoms with van der Waals surface area (Å²) in [6.45, 7) is 13.3. The summed E-state index contributed by atoms with van der Waals surface area (Å²) in [7, 11) is 0. The number of carbonyl (C=O) groups is 1. The van der Waals surface area contributed by atoms with Crippen molar-refractivity contribution in [2.24, 2.45) is 11.8 Å². The minimum Gasteiger partial charge on any atom is -0.332 e. The molecule has 3 saturated heterocycles. The first kappa shape index (κ1) is 23.2. The Morgan fingerprint density at radius 3 is 2.09 bits per heavy atom. The molecule has 1 aromatic rings. The molecule has 6 heteroatoms. The molecular weight excluding hydrogens is 410 g/mol. The first-order chi connectivity index (χ1) is 15.9. The Morgan fingerprint density at radius 2 is 1.55 bits per heavy atom. The molecule has 5 rings (SSSR count). The van der Waals surface area contributed by atoms with Crippen LogP contribution in [-0.4, -0.2) is 75.9 Å². The highest BCUT2D eigenvalue weighted by Gasteiger charge is 2.42. The lowest BCUT2D eigenvalue weighted by molar-refractivity contribution is -0.124. The second-order valence-corrected chi connectivity index (χ2v) is 11.8. The Morgan fingerprint density at radius 1 is 0.939 bits per heavy atom. The number of hydrogen-bond acceptors (Lipinski definition) is 6. The molecule has 4 heterocycles. The van der Waals surface area contributed by atoms with Gasteiger partial charge in [-0.2, -0.15) is 0 Å². The number of rotatable bonds is 7. The Labute approximate surface area is 200 Å². The predicted molar refractivity (Wildman–Crippen MR) is 133 cm³/mol. The van der Waals surface area contributed by atoms with Crippen molar-refractivity contribution in [3.63, 3.8) is 0 Å². The second-order valence-electron chi connectivity index (χ2n) is 11.8. The van der Waals surface area contributed by atoms with E-state index >= 15 is 0 Å². The van der Waals surface area contributed by atoms with Gasteiger partial charge in [-0.15, -0.1) is 0 Å². The van der Waals surface area contributed by atoms with Crippen molar-refractivity contribution in [3.8, 4) is 0 Å². The fourth-order valence-corrected chi connectivity index (χ4v) is 6.64. The van der Waals surface area contributed by atoms with Gasteiger partial charge in [-0.3, -0.25) is 9.69 Å². The fraction of sp³-hybridized carbons (Fsp3) is 0.815. The van der Waals surface area contributed by atoms with Crippen molar-refractivity contribution < 1.29 is 4.79 Å². The van der Waals surface area contributed by atoms with Gasteiger partial charge in [0.25, 0.3) is 0 Å². The minimum absolute atomic E-state index is 0.188. The largest absolute Gasteiger partial charge is 0.332 e. The number of ketones is 1. The van der Waals surface area contributed by atoms with Gasteiger partial charge in [0.05, 0.1) is 0 Å². The summed E-state index contributed by atoms with van der Waals surface area (Å²) in [6.07, 6.45) is 12.4. The van der Waals surface area contributed by atoms with Gasteiger partial charge in [-0.25, -0.2) is 9.97 Å². The molecule has 1 aromatic heterocycles. The van der Waals surface area contributed by atoms with Crippen molar-refractivity contribution in [1.82, 2.24) is 19.8 Å². The summed E-state index contributed by atoms with van der Waals surface area (Å²) >= 11 is 0. The van der Waals surface area contributed by atoms with Gasteiger partial charge in [-0.1, -0.05) is 13.8 Å². The number of piperazine rings is 1. The summed E-state index contributed by atoms with van der Waals surface area (Å²) in [6, 6.07) is 2.47. The number of likely N-dealkylation sites (tertiary alicyclic amines) is 2. The van der Waals surface area contributed by atoms with E-state index in [0.717, 1.165) is 25.5 Å². The lowest BCUT2D eigenvalue weighted by Crippen LogP contribution is -2.56. The van der Waals surface area contributed by atoms with Crippen molar-refractivity contribution in [1.29, 1.82) is 0 Å². The Balaban J connectivity index is 1.11. The maximum absolute atomic E-state index is 12.0. The van der Waals surface area contributed by atoms with Crippen molar-refractivity contribution >= 4 is 11.7 Å². The average Bonchev–Trinajstić information content (AvgIpc) is 3.04. The van der Waals surface area contributed by atoms with Crippen molar-refractivity contribution in [2.45, 2.75) is 103 Å². The number of aromatic nitrogens is 2. The number of fused-ring (bicyclic) bond motifs is 2. The van der Waals surface area contributed by atoms with Gasteiger partial charge in [0.1, 0.15) is 5.78 Å². The molecule has 0 spiro atoms. The maximum Gasteiger partial charge on any atom is 0.225 e. The van der Waals surface area contributed by atoms with E-state index in [2.05, 4.69) is 40.9 Å². The summed E-state index contributed by atoms with van der Waals surface area (Å²) < 4.78 is 0. The number of Topliss-reactive ketones (excluding diaryl/α,β-unsaturated/α-hetero) is 1. The first-order valence-corrected chi connectivity index (χ1v) is 13.5. The number of carbonyl (C=O) groups excluding carboxylic acids is 1. The van der Waals surface area contributed by atoms with Crippen LogP contribution >= 0.6 is 0 Å². The van der Waals surface area contributed by atoms with Gasteiger partial charge in [0.2, 0.25) is 5.95 Å². The summed E-state index contributed by atoms with van der Waals surface area (Å²) in [4.78, 5) is 29.6. The summed E-state index contributed by atoms with van der Waals surface area (Å²) in [5, 5.41) is 0. The molecule has 6 nitrogen and oxygen atoms in total. The molecule has 0 radical (unpaired) electrons. The van der Waals surface area contributed by atoms with Crippen LogP contribution in [0.4, 0.5) is 5.95 Å². The Kier molecular flexibility index (Phi) is 6.76. The normalized spacial score (nSPS) is 31.4. The quantitative estimate of drug-likeness (QED) is 0.619. The molecule has 2 atom stereocenters. The minimum atomic E-state index is 0.188. The van der Waals surface area contributed by atoms with Crippen LogP contribution in [-0.2, 0) is 4.79 Å². The highest BCUT2D eigenvalue weighted by Crippen LogP contribution is 2.39. The van der Waals surface area contributed by atoms with E-state index in [1.807, 2.05) is 13.8 Å². The SMILES string of the molecule is CC(C)C(=O)CC1CC(N2CCC(c3cnc(N4C5CCC4CN(C(C)C)C5)nc3)CC2)C1. The topological polar surface area (TPSA) is 52.6 Å². The van der Waals surface area contributed by atoms with E-state index in [1.165, 1.54) is 57.2 Å². The lowest BCUT2D eigenvalue weighted by Gasteiger charge is -2.46. The molecule has 4 fully saturated rings. The van der Waals surface area contributed by atoms with Crippen LogP contribution in [0.2, 0.25) is 0 Å². The van der Waals surface area contributed by atoms with Gasteiger partial charge in [0, 0.05) is 62.0 Å². The molecule has 2 unspecified atom stereocenters. The maximum atomic E-state index is 12.0. The van der Waals surface area contributed by atoms with Crippen LogP contribution in [0.5, 0.6) is 0 Å². The Bertz CT molecular complexity index is 796. The third-order valence-electron chi connectivity index (χ3n) is 8.99. The van der Waals surface area contributed by atoms with Gasteiger partial charge in [0.15, 0.2) is 0 Å². The van der Waals surface area contributed by atoms with Gasteiger partial charge in [-0.05, 0) is 82.9 Å². The number of hydrogen-bond donors (Lipinski definition) is 0. The van der Waals surface area contributed by atoms with Crippen LogP contribution in [0.3, 0.4) is 0 Å². The van der Waals surface area contributed by atoms with Crippen molar-refractivity contribution in [3.05, 3.63) is 18.0 Å². The molecule has 0 amide bonds. The van der Waals surface area contributed by atoms with Gasteiger partial charge < -0.3 is 9.80 Å². The highest BCUT2D eigenvalue weighted by molar-refractivity contribution is 5.80. The smallest absolute Gasteiger partial charge is 0.225 e. The van der Waals surface area contributed by atoms with E-state index < -0.39 is 0 Å². The number of anilines is 1. The highest BCUT2D eigenvalue weighted by atomic mass is 16.1. The first-order valence-electron chi connectivity index (χ1n) is 13.5. The number of nitrogens with zero attached hydrogens (tertiary/aromatic N) is 5. The van der Waals surface area contributed by atoms with E-state index in [4.69, 9.17) is 9.97 Å². The van der Waals surface area contributed by atoms with E-state index in [0.29, 0.717) is 41.8 Å². The lowest BCUT2D eigenvalue weighted by atomic mass is 9.74. The number of piperidine rings is 1. The molecule has 182 valence electrons.